The molecule has 3 rings (SSSR count). The molecule has 8 heteroatoms. The molecule has 0 fully saturated rings. The van der Waals surface area contributed by atoms with Gasteiger partial charge in [-0.2, -0.15) is 10.2 Å². The predicted molar refractivity (Wildman–Crippen MR) is 90.4 cm³/mol. The molecule has 3 heterocycles. The second-order valence-electron chi connectivity index (χ2n) is 5.44. The van der Waals surface area contributed by atoms with Gasteiger partial charge in [0.25, 0.3) is 0 Å². The molecule has 0 spiro atoms. The van der Waals surface area contributed by atoms with Gasteiger partial charge in [0.1, 0.15) is 5.82 Å². The van der Waals surface area contributed by atoms with Gasteiger partial charge in [0.15, 0.2) is 5.82 Å². The molecule has 0 aromatic carbocycles. The first kappa shape index (κ1) is 16.0. The van der Waals surface area contributed by atoms with Crippen LogP contribution < -0.4 is 10.1 Å². The summed E-state index contributed by atoms with van der Waals surface area (Å²) in [6.45, 7) is 4.59. The maximum absolute atomic E-state index is 5.44. The number of nitrogens with one attached hydrogen (secondary N) is 1. The van der Waals surface area contributed by atoms with Crippen molar-refractivity contribution in [2.45, 2.75) is 26.8 Å². The van der Waals surface area contributed by atoms with Gasteiger partial charge in [0.05, 0.1) is 24.1 Å². The highest BCUT2D eigenvalue weighted by atomic mass is 16.5. The van der Waals surface area contributed by atoms with E-state index in [0.717, 1.165) is 29.3 Å². The Morgan fingerprint density at radius 2 is 2.00 bits per heavy atom. The molecule has 0 unspecified atom stereocenters. The van der Waals surface area contributed by atoms with Crippen LogP contribution in [-0.2, 0) is 20.0 Å². The Morgan fingerprint density at radius 1 is 1.17 bits per heavy atom. The zero-order valence-electron chi connectivity index (χ0n) is 14.3. The van der Waals surface area contributed by atoms with Gasteiger partial charge in [0.2, 0.25) is 5.88 Å². The van der Waals surface area contributed by atoms with Crippen molar-refractivity contribution in [1.29, 1.82) is 0 Å². The molecular weight excluding hydrogens is 306 g/mol. The maximum atomic E-state index is 5.44. The summed E-state index contributed by atoms with van der Waals surface area (Å²) in [7, 11) is 3.53. The van der Waals surface area contributed by atoms with Crippen LogP contribution in [0.1, 0.15) is 23.9 Å². The number of rotatable bonds is 6. The molecule has 1 N–H and O–H groups in total. The molecule has 3 aromatic heterocycles. The summed E-state index contributed by atoms with van der Waals surface area (Å²) >= 11 is 0. The fraction of sp³-hybridized carbons (Fsp3) is 0.375. The third-order valence-corrected chi connectivity index (χ3v) is 3.75. The Balaban J connectivity index is 1.73. The number of ether oxygens (including phenoxy) is 1. The monoisotopic (exact) mass is 327 g/mol. The summed E-state index contributed by atoms with van der Waals surface area (Å²) in [5.74, 6) is 2.13. The largest absolute Gasteiger partial charge is 0.481 e. The minimum absolute atomic E-state index is 0.578. The number of hydrogen-bond acceptors (Lipinski definition) is 6. The molecule has 0 bridgehead atoms. The lowest BCUT2D eigenvalue weighted by molar-refractivity contribution is 0.369. The van der Waals surface area contributed by atoms with Crippen LogP contribution in [0.25, 0.3) is 5.82 Å². The Morgan fingerprint density at radius 3 is 2.58 bits per heavy atom. The maximum Gasteiger partial charge on any atom is 0.216 e. The van der Waals surface area contributed by atoms with E-state index in [9.17, 15) is 0 Å². The van der Waals surface area contributed by atoms with Gasteiger partial charge >= 0.3 is 0 Å². The van der Waals surface area contributed by atoms with E-state index in [-0.39, 0.29) is 0 Å². The molecule has 0 aliphatic rings. The van der Waals surface area contributed by atoms with Crippen molar-refractivity contribution < 1.29 is 4.74 Å². The standard InChI is InChI=1S/C16H21N7O/c1-5-13-12(16(24-4)22(3)21-13)10-17-14-6-7-15(19-18-14)23-9-8-11(2)20-23/h6-9H,5,10H2,1-4H3,(H,17,18). The molecule has 0 aliphatic heterocycles. The predicted octanol–water partition coefficient (Wildman–Crippen LogP) is 1.89. The molecule has 8 nitrogen and oxygen atoms in total. The van der Waals surface area contributed by atoms with E-state index in [0.29, 0.717) is 18.2 Å². The second kappa shape index (κ2) is 6.69. The summed E-state index contributed by atoms with van der Waals surface area (Å²) in [5.41, 5.74) is 2.99. The van der Waals surface area contributed by atoms with Crippen LogP contribution in [0.5, 0.6) is 5.88 Å². The van der Waals surface area contributed by atoms with Crippen LogP contribution in [-0.4, -0.2) is 36.9 Å². The first-order chi connectivity index (χ1) is 11.6. The zero-order chi connectivity index (χ0) is 17.1. The number of methoxy groups -OCH3 is 1. The third-order valence-electron chi connectivity index (χ3n) is 3.75. The first-order valence-corrected chi connectivity index (χ1v) is 7.81. The number of anilines is 1. The summed E-state index contributed by atoms with van der Waals surface area (Å²) in [6, 6.07) is 5.69. The highest BCUT2D eigenvalue weighted by Gasteiger charge is 2.15. The Labute approximate surface area is 140 Å². The van der Waals surface area contributed by atoms with Crippen LogP contribution in [0, 0.1) is 6.92 Å². The smallest absolute Gasteiger partial charge is 0.216 e. The third kappa shape index (κ3) is 3.08. The lowest BCUT2D eigenvalue weighted by Crippen LogP contribution is -2.07. The quantitative estimate of drug-likeness (QED) is 0.744. The number of hydrogen-bond donors (Lipinski definition) is 1. The van der Waals surface area contributed by atoms with E-state index in [4.69, 9.17) is 4.74 Å². The zero-order valence-corrected chi connectivity index (χ0v) is 14.3. The summed E-state index contributed by atoms with van der Waals surface area (Å²) < 4.78 is 8.89. The van der Waals surface area contributed by atoms with E-state index >= 15 is 0 Å². The van der Waals surface area contributed by atoms with Gasteiger partial charge in [-0.1, -0.05) is 6.92 Å². The fourth-order valence-electron chi connectivity index (χ4n) is 2.59. The van der Waals surface area contributed by atoms with E-state index in [1.807, 2.05) is 38.4 Å². The summed E-state index contributed by atoms with van der Waals surface area (Å²) in [6.07, 6.45) is 2.71. The first-order valence-electron chi connectivity index (χ1n) is 7.81. The van der Waals surface area contributed by atoms with E-state index in [1.54, 1.807) is 16.5 Å². The topological polar surface area (TPSA) is 82.7 Å². The normalized spacial score (nSPS) is 10.8. The molecule has 24 heavy (non-hydrogen) atoms. The highest BCUT2D eigenvalue weighted by Crippen LogP contribution is 2.23. The lowest BCUT2D eigenvalue weighted by atomic mass is 10.2. The summed E-state index contributed by atoms with van der Waals surface area (Å²) in [4.78, 5) is 0. The molecular formula is C16H21N7O. The van der Waals surface area contributed by atoms with Crippen LogP contribution in [0.2, 0.25) is 0 Å². The molecule has 0 radical (unpaired) electrons. The molecule has 0 saturated carbocycles. The number of aryl methyl sites for hydroxylation is 3. The van der Waals surface area contributed by atoms with Gasteiger partial charge in [-0.15, -0.1) is 10.2 Å². The van der Waals surface area contributed by atoms with E-state index in [1.165, 1.54) is 0 Å². The molecule has 0 saturated heterocycles. The molecule has 126 valence electrons. The van der Waals surface area contributed by atoms with Crippen molar-refractivity contribution in [3.8, 4) is 11.7 Å². The number of aromatic nitrogens is 6. The SMILES string of the molecule is CCc1nn(C)c(OC)c1CNc1ccc(-n2ccc(C)n2)nn1. The van der Waals surface area contributed by atoms with E-state index in [2.05, 4.69) is 32.6 Å². The van der Waals surface area contributed by atoms with Gasteiger partial charge in [-0.3, -0.25) is 0 Å². The average Bonchev–Trinajstić information content (AvgIpc) is 3.16. The van der Waals surface area contributed by atoms with Gasteiger partial charge in [-0.05, 0) is 31.5 Å². The van der Waals surface area contributed by atoms with Crippen molar-refractivity contribution >= 4 is 5.82 Å². The van der Waals surface area contributed by atoms with Crippen molar-refractivity contribution in [1.82, 2.24) is 29.8 Å². The highest BCUT2D eigenvalue weighted by molar-refractivity contribution is 5.40. The molecule has 0 amide bonds. The Bertz CT molecular complexity index is 820. The van der Waals surface area contributed by atoms with Crippen molar-refractivity contribution in [3.63, 3.8) is 0 Å². The molecule has 0 aliphatic carbocycles. The van der Waals surface area contributed by atoms with Crippen molar-refractivity contribution in [3.05, 3.63) is 41.3 Å². The lowest BCUT2D eigenvalue weighted by Gasteiger charge is -2.08. The van der Waals surface area contributed by atoms with Crippen LogP contribution in [0.3, 0.4) is 0 Å². The van der Waals surface area contributed by atoms with Crippen LogP contribution in [0.4, 0.5) is 5.82 Å². The van der Waals surface area contributed by atoms with Crippen LogP contribution >= 0.6 is 0 Å². The van der Waals surface area contributed by atoms with Gasteiger partial charge in [-0.25, -0.2) is 9.36 Å². The minimum Gasteiger partial charge on any atom is -0.481 e. The van der Waals surface area contributed by atoms with Gasteiger partial charge in [0, 0.05) is 19.8 Å². The molecule has 0 atom stereocenters. The van der Waals surface area contributed by atoms with Crippen LogP contribution in [0.15, 0.2) is 24.4 Å². The Hall–Kier alpha value is -2.90. The van der Waals surface area contributed by atoms with Crippen molar-refractivity contribution in [2.24, 2.45) is 7.05 Å². The fourth-order valence-corrected chi connectivity index (χ4v) is 2.59. The van der Waals surface area contributed by atoms with E-state index < -0.39 is 0 Å². The second-order valence-corrected chi connectivity index (χ2v) is 5.44. The van der Waals surface area contributed by atoms with Crippen molar-refractivity contribution in [2.75, 3.05) is 12.4 Å². The Kier molecular flexibility index (Phi) is 4.45. The molecule has 3 aromatic rings. The van der Waals surface area contributed by atoms with Gasteiger partial charge < -0.3 is 10.1 Å². The average molecular weight is 327 g/mol. The minimum atomic E-state index is 0.578. The number of nitrogens with zero attached hydrogens (tertiary/aromatic N) is 6. The summed E-state index contributed by atoms with van der Waals surface area (Å²) in [5, 5.41) is 20.5.